The first-order valence-electron chi connectivity index (χ1n) is 7.40. The molecule has 116 valence electrons. The molecule has 1 aliphatic rings. The molecule has 0 aliphatic carbocycles. The highest BCUT2D eigenvalue weighted by molar-refractivity contribution is 5.74. The lowest BCUT2D eigenvalue weighted by Crippen LogP contribution is -2.35. The number of halogens is 1. The monoisotopic (exact) mass is 294 g/mol. The van der Waals surface area contributed by atoms with E-state index in [0.29, 0.717) is 23.5 Å². The zero-order chi connectivity index (χ0) is 15.6. The number of aliphatic hydroxyl groups excluding tert-OH is 1. The highest BCUT2D eigenvalue weighted by atomic mass is 19.1. The molecule has 1 saturated heterocycles. The summed E-state index contributed by atoms with van der Waals surface area (Å²) in [6.45, 7) is 4.96. The van der Waals surface area contributed by atoms with E-state index in [9.17, 15) is 14.3 Å². The van der Waals surface area contributed by atoms with Gasteiger partial charge in [0.05, 0.1) is 6.10 Å². The molecule has 21 heavy (non-hydrogen) atoms. The molecular formula is C16H23FN2O2. The van der Waals surface area contributed by atoms with Gasteiger partial charge in [-0.05, 0) is 50.3 Å². The number of rotatable bonds is 4. The van der Waals surface area contributed by atoms with Crippen molar-refractivity contribution >= 4 is 11.6 Å². The first-order valence-corrected chi connectivity index (χ1v) is 7.40. The summed E-state index contributed by atoms with van der Waals surface area (Å²) in [7, 11) is 0. The van der Waals surface area contributed by atoms with Crippen LogP contribution in [0.1, 0.15) is 43.4 Å². The van der Waals surface area contributed by atoms with Crippen LogP contribution in [0.3, 0.4) is 0 Å². The fraction of sp³-hybridized carbons (Fsp3) is 0.562. The van der Waals surface area contributed by atoms with Crippen LogP contribution in [0.5, 0.6) is 0 Å². The molecule has 1 fully saturated rings. The molecule has 0 bridgehead atoms. The maximum Gasteiger partial charge on any atom is 0.217 e. The maximum absolute atomic E-state index is 13.7. The van der Waals surface area contributed by atoms with Crippen molar-refractivity contribution in [1.29, 1.82) is 0 Å². The van der Waals surface area contributed by atoms with Crippen LogP contribution in [-0.4, -0.2) is 24.1 Å². The average Bonchev–Trinajstić information content (AvgIpc) is 2.41. The Morgan fingerprint density at radius 3 is 2.62 bits per heavy atom. The van der Waals surface area contributed by atoms with Crippen LogP contribution in [-0.2, 0) is 4.79 Å². The predicted octanol–water partition coefficient (Wildman–Crippen LogP) is 2.28. The van der Waals surface area contributed by atoms with Crippen LogP contribution in [0, 0.1) is 18.7 Å². The molecule has 0 saturated carbocycles. The second-order valence-electron chi connectivity index (χ2n) is 5.94. The Balaban J connectivity index is 2.16. The maximum atomic E-state index is 13.7. The van der Waals surface area contributed by atoms with Crippen LogP contribution in [0.15, 0.2) is 12.1 Å². The standard InChI is InChI=1S/C16H23FN2O2/c1-10-7-15(13(11(2)20)9-14(10)17)19-5-3-12(4-6-19)8-16(18)21/h7,9,11-12,20H,3-6,8H2,1-2H3,(H2,18,21)/t11-/m0/s1. The lowest BCUT2D eigenvalue weighted by atomic mass is 9.92. The van der Waals surface area contributed by atoms with Gasteiger partial charge in [0.15, 0.2) is 0 Å². The van der Waals surface area contributed by atoms with Crippen molar-refractivity contribution in [3.8, 4) is 0 Å². The minimum Gasteiger partial charge on any atom is -0.389 e. The van der Waals surface area contributed by atoms with Gasteiger partial charge in [0.1, 0.15) is 5.82 Å². The fourth-order valence-corrected chi connectivity index (χ4v) is 2.95. The van der Waals surface area contributed by atoms with Crippen molar-refractivity contribution in [2.75, 3.05) is 18.0 Å². The van der Waals surface area contributed by atoms with Gasteiger partial charge in [-0.2, -0.15) is 0 Å². The molecule has 1 aliphatic heterocycles. The predicted molar refractivity (Wildman–Crippen MR) is 80.5 cm³/mol. The number of amides is 1. The first-order chi connectivity index (χ1) is 9.88. The summed E-state index contributed by atoms with van der Waals surface area (Å²) in [6.07, 6.45) is 1.50. The Hall–Kier alpha value is -1.62. The molecule has 0 radical (unpaired) electrons. The number of aryl methyl sites for hydroxylation is 1. The summed E-state index contributed by atoms with van der Waals surface area (Å²) in [5.41, 5.74) is 7.33. The number of benzene rings is 1. The van der Waals surface area contributed by atoms with Crippen LogP contribution >= 0.6 is 0 Å². The third kappa shape index (κ3) is 3.73. The first kappa shape index (κ1) is 15.8. The van der Waals surface area contributed by atoms with Crippen molar-refractivity contribution in [2.24, 2.45) is 11.7 Å². The van der Waals surface area contributed by atoms with Crippen molar-refractivity contribution < 1.29 is 14.3 Å². The number of carbonyl (C=O) groups excluding carboxylic acids is 1. The van der Waals surface area contributed by atoms with Crippen LogP contribution in [0.25, 0.3) is 0 Å². The lowest BCUT2D eigenvalue weighted by molar-refractivity contribution is -0.119. The number of hydrogen-bond donors (Lipinski definition) is 2. The molecule has 0 unspecified atom stereocenters. The Kier molecular flexibility index (Phi) is 4.83. The molecule has 0 spiro atoms. The third-order valence-electron chi connectivity index (χ3n) is 4.20. The fourth-order valence-electron chi connectivity index (χ4n) is 2.95. The molecule has 1 aromatic carbocycles. The minimum atomic E-state index is -0.710. The third-order valence-corrected chi connectivity index (χ3v) is 4.20. The lowest BCUT2D eigenvalue weighted by Gasteiger charge is -2.35. The van der Waals surface area contributed by atoms with Gasteiger partial charge in [-0.1, -0.05) is 0 Å². The van der Waals surface area contributed by atoms with Crippen molar-refractivity contribution in [3.63, 3.8) is 0 Å². The number of aliphatic hydroxyl groups is 1. The number of carbonyl (C=O) groups is 1. The second kappa shape index (κ2) is 6.43. The Labute approximate surface area is 124 Å². The van der Waals surface area contributed by atoms with E-state index < -0.39 is 6.10 Å². The van der Waals surface area contributed by atoms with E-state index in [0.717, 1.165) is 31.6 Å². The number of primary amides is 1. The Bertz CT molecular complexity index is 523. The van der Waals surface area contributed by atoms with Crippen molar-refractivity contribution in [1.82, 2.24) is 0 Å². The van der Waals surface area contributed by atoms with Gasteiger partial charge in [-0.25, -0.2) is 4.39 Å². The van der Waals surface area contributed by atoms with Crippen LogP contribution in [0.4, 0.5) is 10.1 Å². The van der Waals surface area contributed by atoms with E-state index in [-0.39, 0.29) is 11.7 Å². The molecular weight excluding hydrogens is 271 g/mol. The summed E-state index contributed by atoms with van der Waals surface area (Å²) in [6, 6.07) is 3.22. The van der Waals surface area contributed by atoms with E-state index in [1.165, 1.54) is 6.07 Å². The van der Waals surface area contributed by atoms with Gasteiger partial charge >= 0.3 is 0 Å². The SMILES string of the molecule is Cc1cc(N2CCC(CC(N)=O)CC2)c([C@H](C)O)cc1F. The molecule has 1 atom stereocenters. The van der Waals surface area contributed by atoms with Gasteiger partial charge in [-0.3, -0.25) is 4.79 Å². The molecule has 1 aromatic rings. The molecule has 2 rings (SSSR count). The van der Waals surface area contributed by atoms with Gasteiger partial charge in [0.2, 0.25) is 5.91 Å². The quantitative estimate of drug-likeness (QED) is 0.895. The van der Waals surface area contributed by atoms with E-state index >= 15 is 0 Å². The zero-order valence-electron chi connectivity index (χ0n) is 12.6. The molecule has 1 heterocycles. The van der Waals surface area contributed by atoms with Crippen molar-refractivity contribution in [3.05, 3.63) is 29.1 Å². The number of hydrogen-bond acceptors (Lipinski definition) is 3. The Morgan fingerprint density at radius 2 is 2.10 bits per heavy atom. The van der Waals surface area contributed by atoms with E-state index in [1.807, 2.05) is 0 Å². The number of anilines is 1. The summed E-state index contributed by atoms with van der Waals surface area (Å²) >= 11 is 0. The van der Waals surface area contributed by atoms with Crippen LogP contribution < -0.4 is 10.6 Å². The van der Waals surface area contributed by atoms with E-state index in [2.05, 4.69) is 4.90 Å². The van der Waals surface area contributed by atoms with Crippen LogP contribution in [0.2, 0.25) is 0 Å². The normalized spacial score (nSPS) is 17.8. The van der Waals surface area contributed by atoms with Crippen molar-refractivity contribution in [2.45, 2.75) is 39.2 Å². The van der Waals surface area contributed by atoms with Gasteiger partial charge in [0, 0.05) is 30.8 Å². The molecule has 4 nitrogen and oxygen atoms in total. The topological polar surface area (TPSA) is 66.6 Å². The molecule has 5 heteroatoms. The summed E-state index contributed by atoms with van der Waals surface area (Å²) in [5, 5.41) is 9.87. The highest BCUT2D eigenvalue weighted by Crippen LogP contribution is 2.32. The largest absolute Gasteiger partial charge is 0.389 e. The number of nitrogens with zero attached hydrogens (tertiary/aromatic N) is 1. The van der Waals surface area contributed by atoms with E-state index in [4.69, 9.17) is 5.73 Å². The summed E-state index contributed by atoms with van der Waals surface area (Å²) in [4.78, 5) is 13.1. The smallest absolute Gasteiger partial charge is 0.217 e. The molecule has 0 aromatic heterocycles. The summed E-state index contributed by atoms with van der Waals surface area (Å²) < 4.78 is 13.7. The summed E-state index contributed by atoms with van der Waals surface area (Å²) in [5.74, 6) is -0.218. The average molecular weight is 294 g/mol. The molecule has 1 amide bonds. The number of nitrogens with two attached hydrogens (primary N) is 1. The highest BCUT2D eigenvalue weighted by Gasteiger charge is 2.24. The minimum absolute atomic E-state index is 0.254. The molecule has 3 N–H and O–H groups in total. The van der Waals surface area contributed by atoms with Gasteiger partial charge in [-0.15, -0.1) is 0 Å². The zero-order valence-corrected chi connectivity index (χ0v) is 12.6. The van der Waals surface area contributed by atoms with E-state index in [1.54, 1.807) is 19.9 Å². The number of piperidine rings is 1. The van der Waals surface area contributed by atoms with Gasteiger partial charge < -0.3 is 15.7 Å². The Morgan fingerprint density at radius 1 is 1.48 bits per heavy atom. The van der Waals surface area contributed by atoms with Gasteiger partial charge in [0.25, 0.3) is 0 Å². The second-order valence-corrected chi connectivity index (χ2v) is 5.94.